The Morgan fingerprint density at radius 2 is 1.08 bits per heavy atom. The van der Waals surface area contributed by atoms with Gasteiger partial charge in [0.15, 0.2) is 0 Å². The molecular weight excluding hydrogens is 472 g/mol. The Bertz CT molecular complexity index is 1540. The van der Waals surface area contributed by atoms with Gasteiger partial charge in [-0.1, -0.05) is 131 Å². The highest BCUT2D eigenvalue weighted by atomic mass is 16.3. The highest BCUT2D eigenvalue weighted by Crippen LogP contribution is 2.63. The minimum Gasteiger partial charge on any atom is -0.508 e. The summed E-state index contributed by atoms with van der Waals surface area (Å²) in [4.78, 5) is 0. The van der Waals surface area contributed by atoms with Crippen molar-refractivity contribution in [2.45, 2.75) is 51.9 Å². The van der Waals surface area contributed by atoms with E-state index >= 15 is 0 Å². The molecule has 0 aromatic heterocycles. The fourth-order valence-electron chi connectivity index (χ4n) is 7.39. The van der Waals surface area contributed by atoms with Gasteiger partial charge >= 0.3 is 0 Å². The van der Waals surface area contributed by atoms with Crippen LogP contribution in [-0.2, 0) is 10.8 Å². The third-order valence-electron chi connectivity index (χ3n) is 10.1. The maximum atomic E-state index is 11.8. The van der Waals surface area contributed by atoms with Gasteiger partial charge in [0, 0.05) is 11.0 Å². The highest BCUT2D eigenvalue weighted by molar-refractivity contribution is 5.88. The Hall–Kier alpha value is -3.84. The van der Waals surface area contributed by atoms with Gasteiger partial charge in [0.1, 0.15) is 5.76 Å². The number of hydrogen-bond acceptors (Lipinski definition) is 1. The van der Waals surface area contributed by atoms with E-state index in [0.29, 0.717) is 11.7 Å². The Morgan fingerprint density at radius 1 is 0.692 bits per heavy atom. The fourth-order valence-corrected chi connectivity index (χ4v) is 7.39. The van der Waals surface area contributed by atoms with Crippen molar-refractivity contribution < 1.29 is 5.11 Å². The fraction of sp³-hybridized carbons (Fsp3) is 0.263. The Kier molecular flexibility index (Phi) is 5.95. The summed E-state index contributed by atoms with van der Waals surface area (Å²) in [6, 6.07) is 35.4. The van der Waals surface area contributed by atoms with Crippen LogP contribution >= 0.6 is 0 Å². The summed E-state index contributed by atoms with van der Waals surface area (Å²) in [5, 5.41) is 11.8. The quantitative estimate of drug-likeness (QED) is 0.184. The van der Waals surface area contributed by atoms with E-state index in [1.165, 1.54) is 44.5 Å². The predicted molar refractivity (Wildman–Crippen MR) is 163 cm³/mol. The lowest BCUT2D eigenvalue weighted by atomic mass is 9.53. The number of benzene rings is 4. The zero-order chi connectivity index (χ0) is 27.5. The van der Waals surface area contributed by atoms with Gasteiger partial charge in [0.05, 0.1) is 5.41 Å². The molecular formula is C38H38O. The van der Waals surface area contributed by atoms with Crippen LogP contribution in [0.5, 0.6) is 0 Å². The van der Waals surface area contributed by atoms with E-state index in [4.69, 9.17) is 0 Å². The first-order valence-electron chi connectivity index (χ1n) is 14.3. The Labute approximate surface area is 233 Å². The van der Waals surface area contributed by atoms with E-state index in [1.54, 1.807) is 0 Å². The summed E-state index contributed by atoms with van der Waals surface area (Å²) in [5.41, 5.74) is 10.9. The van der Waals surface area contributed by atoms with Gasteiger partial charge in [0.25, 0.3) is 0 Å². The van der Waals surface area contributed by atoms with Crippen LogP contribution in [0, 0.1) is 11.8 Å². The SMILES string of the molecule is C=C(/C(O)=C(\C)[C@@H](C)C(C)CC)C1(C)c2ccccc2C2(c3ccccc3-c3ccccc32)c2ccccc21. The monoisotopic (exact) mass is 510 g/mol. The van der Waals surface area contributed by atoms with Crippen LogP contribution in [0.2, 0.25) is 0 Å². The van der Waals surface area contributed by atoms with Crippen molar-refractivity contribution >= 4 is 0 Å². The zero-order valence-corrected chi connectivity index (χ0v) is 23.8. The second-order valence-corrected chi connectivity index (χ2v) is 11.7. The standard InChI is InChI=1S/C38H38O/c1-7-24(2)25(3)26(4)36(39)27(5)37(6)32-20-12-14-22-34(32)38(35-23-15-13-21-33(35)37)30-18-10-8-16-28(30)29-17-9-11-19-31(29)38/h8-25,39H,5,7H2,1-4,6H3/b36-26-/t24?,25-/m0/s1. The molecule has 2 atom stereocenters. The molecule has 2 aliphatic rings. The van der Waals surface area contributed by atoms with Crippen molar-refractivity contribution in [3.8, 4) is 11.1 Å². The van der Waals surface area contributed by atoms with E-state index in [9.17, 15) is 5.11 Å². The number of fused-ring (bicyclic) bond motifs is 9. The lowest BCUT2D eigenvalue weighted by Crippen LogP contribution is -2.43. The number of allylic oxidation sites excluding steroid dienone is 2. The average Bonchev–Trinajstić information content (AvgIpc) is 3.29. The minimum absolute atomic E-state index is 0.268. The largest absolute Gasteiger partial charge is 0.508 e. The van der Waals surface area contributed by atoms with Crippen LogP contribution in [0.4, 0.5) is 0 Å². The second-order valence-electron chi connectivity index (χ2n) is 11.7. The van der Waals surface area contributed by atoms with E-state index in [0.717, 1.165) is 17.6 Å². The number of aliphatic hydroxyl groups excluding tert-OH is 1. The molecule has 1 heteroatoms. The first-order chi connectivity index (χ1) is 18.8. The molecule has 0 aliphatic heterocycles. The molecule has 6 rings (SSSR count). The molecule has 0 bridgehead atoms. The third kappa shape index (κ3) is 3.26. The topological polar surface area (TPSA) is 20.2 Å². The molecule has 4 aromatic carbocycles. The van der Waals surface area contributed by atoms with E-state index in [2.05, 4.69) is 138 Å². The van der Waals surface area contributed by atoms with Crippen molar-refractivity contribution in [3.05, 3.63) is 154 Å². The molecule has 1 N–H and O–H groups in total. The highest BCUT2D eigenvalue weighted by Gasteiger charge is 2.55. The number of rotatable bonds is 5. The molecule has 196 valence electrons. The molecule has 1 spiro atoms. The molecule has 0 heterocycles. The van der Waals surface area contributed by atoms with Crippen LogP contribution in [0.1, 0.15) is 74.4 Å². The lowest BCUT2D eigenvalue weighted by molar-refractivity contribution is 0.362. The molecule has 0 radical (unpaired) electrons. The van der Waals surface area contributed by atoms with E-state index in [-0.39, 0.29) is 5.92 Å². The lowest BCUT2D eigenvalue weighted by Gasteiger charge is -2.48. The van der Waals surface area contributed by atoms with Crippen LogP contribution in [0.25, 0.3) is 11.1 Å². The van der Waals surface area contributed by atoms with Crippen LogP contribution in [0.3, 0.4) is 0 Å². The molecule has 1 nitrogen and oxygen atoms in total. The van der Waals surface area contributed by atoms with Crippen LogP contribution in [-0.4, -0.2) is 5.11 Å². The smallest absolute Gasteiger partial charge is 0.118 e. The molecule has 4 aromatic rings. The van der Waals surface area contributed by atoms with Gasteiger partial charge in [-0.2, -0.15) is 0 Å². The molecule has 0 fully saturated rings. The predicted octanol–water partition coefficient (Wildman–Crippen LogP) is 9.74. The van der Waals surface area contributed by atoms with E-state index in [1.807, 2.05) is 0 Å². The van der Waals surface area contributed by atoms with Crippen molar-refractivity contribution in [2.24, 2.45) is 11.8 Å². The molecule has 0 saturated heterocycles. The van der Waals surface area contributed by atoms with Crippen molar-refractivity contribution in [2.75, 3.05) is 0 Å². The molecule has 1 unspecified atom stereocenters. The second kappa shape index (κ2) is 9.12. The summed E-state index contributed by atoms with van der Waals surface area (Å²) in [6.07, 6.45) is 1.07. The summed E-state index contributed by atoms with van der Waals surface area (Å²) < 4.78 is 0. The van der Waals surface area contributed by atoms with Gasteiger partial charge in [-0.3, -0.25) is 0 Å². The Morgan fingerprint density at radius 3 is 1.51 bits per heavy atom. The zero-order valence-electron chi connectivity index (χ0n) is 23.8. The minimum atomic E-state index is -0.592. The maximum Gasteiger partial charge on any atom is 0.118 e. The number of aliphatic hydroxyl groups is 1. The molecule has 2 aliphatic carbocycles. The Balaban J connectivity index is 1.69. The maximum absolute atomic E-state index is 11.8. The van der Waals surface area contributed by atoms with Crippen molar-refractivity contribution in [3.63, 3.8) is 0 Å². The van der Waals surface area contributed by atoms with Crippen molar-refractivity contribution in [1.82, 2.24) is 0 Å². The molecule has 39 heavy (non-hydrogen) atoms. The molecule has 0 saturated carbocycles. The summed E-state index contributed by atoms with van der Waals surface area (Å²) in [6.45, 7) is 15.7. The average molecular weight is 511 g/mol. The van der Waals surface area contributed by atoms with Crippen LogP contribution < -0.4 is 0 Å². The molecule has 0 amide bonds. The first-order valence-corrected chi connectivity index (χ1v) is 14.3. The van der Waals surface area contributed by atoms with Gasteiger partial charge in [-0.15, -0.1) is 0 Å². The van der Waals surface area contributed by atoms with Gasteiger partial charge in [-0.25, -0.2) is 0 Å². The summed E-state index contributed by atoms with van der Waals surface area (Å²) >= 11 is 0. The van der Waals surface area contributed by atoms with Gasteiger partial charge < -0.3 is 5.11 Å². The van der Waals surface area contributed by atoms with E-state index < -0.39 is 10.8 Å². The van der Waals surface area contributed by atoms with Crippen molar-refractivity contribution in [1.29, 1.82) is 0 Å². The van der Waals surface area contributed by atoms with Gasteiger partial charge in [0.2, 0.25) is 0 Å². The normalized spacial score (nSPS) is 17.8. The number of hydrogen-bond donors (Lipinski definition) is 1. The third-order valence-corrected chi connectivity index (χ3v) is 10.1. The van der Waals surface area contributed by atoms with Crippen LogP contribution in [0.15, 0.2) is 121 Å². The van der Waals surface area contributed by atoms with Gasteiger partial charge in [-0.05, 0) is 75.8 Å². The first kappa shape index (κ1) is 25.4. The summed E-state index contributed by atoms with van der Waals surface area (Å²) in [7, 11) is 0. The summed E-state index contributed by atoms with van der Waals surface area (Å²) in [5.74, 6) is 1.09.